The fourth-order valence-electron chi connectivity index (χ4n) is 1.06. The van der Waals surface area contributed by atoms with E-state index in [0.29, 0.717) is 23.8 Å². The third-order valence-corrected chi connectivity index (χ3v) is 1.66. The zero-order valence-corrected chi connectivity index (χ0v) is 8.45. The SMILES string of the molecule is CC(C)CC(=O)Nc1ccc(N)nc1. The van der Waals surface area contributed by atoms with Gasteiger partial charge in [0.05, 0.1) is 11.9 Å². The first-order valence-corrected chi connectivity index (χ1v) is 4.59. The van der Waals surface area contributed by atoms with Crippen molar-refractivity contribution >= 4 is 17.4 Å². The van der Waals surface area contributed by atoms with Crippen LogP contribution in [0.1, 0.15) is 20.3 Å². The molecule has 0 saturated carbocycles. The van der Waals surface area contributed by atoms with E-state index in [-0.39, 0.29) is 5.91 Å². The van der Waals surface area contributed by atoms with Gasteiger partial charge in [-0.05, 0) is 18.1 Å². The third-order valence-electron chi connectivity index (χ3n) is 1.66. The quantitative estimate of drug-likeness (QED) is 0.766. The lowest BCUT2D eigenvalue weighted by Crippen LogP contribution is -2.13. The molecule has 0 aliphatic rings. The monoisotopic (exact) mass is 193 g/mol. The van der Waals surface area contributed by atoms with Gasteiger partial charge < -0.3 is 11.1 Å². The molecular weight excluding hydrogens is 178 g/mol. The summed E-state index contributed by atoms with van der Waals surface area (Å²) in [5.41, 5.74) is 6.10. The Morgan fingerprint density at radius 3 is 2.79 bits per heavy atom. The standard InChI is InChI=1S/C10H15N3O/c1-7(2)5-10(14)13-8-3-4-9(11)12-6-8/h3-4,6-7H,5H2,1-2H3,(H2,11,12)(H,13,14). The Morgan fingerprint density at radius 2 is 2.29 bits per heavy atom. The molecule has 0 radical (unpaired) electrons. The molecule has 4 heteroatoms. The normalized spacial score (nSPS) is 10.2. The number of carbonyl (C=O) groups is 1. The van der Waals surface area contributed by atoms with Crippen LogP contribution in [0.25, 0.3) is 0 Å². The average Bonchev–Trinajstić information content (AvgIpc) is 2.07. The van der Waals surface area contributed by atoms with Gasteiger partial charge in [0.25, 0.3) is 0 Å². The Labute approximate surface area is 83.5 Å². The van der Waals surface area contributed by atoms with E-state index in [4.69, 9.17) is 5.73 Å². The highest BCUT2D eigenvalue weighted by atomic mass is 16.1. The molecule has 0 aliphatic carbocycles. The lowest BCUT2D eigenvalue weighted by atomic mass is 10.1. The highest BCUT2D eigenvalue weighted by Gasteiger charge is 2.04. The average molecular weight is 193 g/mol. The van der Waals surface area contributed by atoms with Crippen molar-refractivity contribution < 1.29 is 4.79 Å². The summed E-state index contributed by atoms with van der Waals surface area (Å²) in [6, 6.07) is 3.39. The minimum Gasteiger partial charge on any atom is -0.384 e. The van der Waals surface area contributed by atoms with Crippen LogP contribution in [0.2, 0.25) is 0 Å². The molecular formula is C10H15N3O. The van der Waals surface area contributed by atoms with Crippen molar-refractivity contribution in [3.8, 4) is 0 Å². The Balaban J connectivity index is 2.52. The Hall–Kier alpha value is -1.58. The number of amides is 1. The first kappa shape index (κ1) is 10.5. The highest BCUT2D eigenvalue weighted by molar-refractivity contribution is 5.90. The molecule has 1 rings (SSSR count). The number of pyridine rings is 1. The molecule has 0 aromatic carbocycles. The molecule has 1 aromatic heterocycles. The number of hydrogen-bond acceptors (Lipinski definition) is 3. The predicted molar refractivity (Wildman–Crippen MR) is 56.7 cm³/mol. The molecule has 0 aliphatic heterocycles. The van der Waals surface area contributed by atoms with Crippen LogP contribution >= 0.6 is 0 Å². The van der Waals surface area contributed by atoms with Gasteiger partial charge in [0, 0.05) is 6.42 Å². The molecule has 0 spiro atoms. The van der Waals surface area contributed by atoms with Crippen molar-refractivity contribution in [1.82, 2.24) is 4.98 Å². The maximum absolute atomic E-state index is 11.3. The van der Waals surface area contributed by atoms with Gasteiger partial charge >= 0.3 is 0 Å². The predicted octanol–water partition coefficient (Wildman–Crippen LogP) is 1.65. The Kier molecular flexibility index (Phi) is 3.45. The smallest absolute Gasteiger partial charge is 0.224 e. The summed E-state index contributed by atoms with van der Waals surface area (Å²) in [4.78, 5) is 15.2. The van der Waals surface area contributed by atoms with Gasteiger partial charge in [-0.3, -0.25) is 4.79 Å². The number of nitrogens with two attached hydrogens (primary N) is 1. The van der Waals surface area contributed by atoms with Crippen LogP contribution in [0.3, 0.4) is 0 Å². The number of anilines is 2. The number of hydrogen-bond donors (Lipinski definition) is 2. The van der Waals surface area contributed by atoms with Gasteiger partial charge in [-0.15, -0.1) is 0 Å². The van der Waals surface area contributed by atoms with Gasteiger partial charge in [-0.25, -0.2) is 4.98 Å². The van der Waals surface area contributed by atoms with Crippen LogP contribution in [0.4, 0.5) is 11.5 Å². The first-order valence-electron chi connectivity index (χ1n) is 4.59. The Bertz CT molecular complexity index is 306. The summed E-state index contributed by atoms with van der Waals surface area (Å²) >= 11 is 0. The molecule has 4 nitrogen and oxygen atoms in total. The topological polar surface area (TPSA) is 68.0 Å². The summed E-state index contributed by atoms with van der Waals surface area (Å²) in [6.45, 7) is 4.00. The van der Waals surface area contributed by atoms with E-state index in [0.717, 1.165) is 0 Å². The lowest BCUT2D eigenvalue weighted by molar-refractivity contribution is -0.116. The summed E-state index contributed by atoms with van der Waals surface area (Å²) in [6.07, 6.45) is 2.07. The largest absolute Gasteiger partial charge is 0.384 e. The third kappa shape index (κ3) is 3.43. The van der Waals surface area contributed by atoms with Crippen LogP contribution in [0.5, 0.6) is 0 Å². The van der Waals surface area contributed by atoms with E-state index >= 15 is 0 Å². The highest BCUT2D eigenvalue weighted by Crippen LogP contribution is 2.08. The van der Waals surface area contributed by atoms with Crippen molar-refractivity contribution in [2.75, 3.05) is 11.1 Å². The second-order valence-electron chi connectivity index (χ2n) is 3.62. The molecule has 1 amide bonds. The van der Waals surface area contributed by atoms with Crippen LogP contribution < -0.4 is 11.1 Å². The van der Waals surface area contributed by atoms with E-state index in [2.05, 4.69) is 10.3 Å². The molecule has 0 fully saturated rings. The van der Waals surface area contributed by atoms with Crippen molar-refractivity contribution in [2.45, 2.75) is 20.3 Å². The summed E-state index contributed by atoms with van der Waals surface area (Å²) < 4.78 is 0. The zero-order chi connectivity index (χ0) is 10.6. The van der Waals surface area contributed by atoms with E-state index < -0.39 is 0 Å². The molecule has 3 N–H and O–H groups in total. The second-order valence-corrected chi connectivity index (χ2v) is 3.62. The fraction of sp³-hybridized carbons (Fsp3) is 0.400. The van der Waals surface area contributed by atoms with Crippen LogP contribution in [-0.2, 0) is 4.79 Å². The van der Waals surface area contributed by atoms with Crippen molar-refractivity contribution in [3.05, 3.63) is 18.3 Å². The molecule has 1 aromatic rings. The number of aromatic nitrogens is 1. The number of rotatable bonds is 3. The molecule has 0 saturated heterocycles. The minimum absolute atomic E-state index is 0.00608. The van der Waals surface area contributed by atoms with Gasteiger partial charge in [0.15, 0.2) is 0 Å². The summed E-state index contributed by atoms with van der Waals surface area (Å²) in [5, 5.41) is 2.74. The number of nitrogens with one attached hydrogen (secondary N) is 1. The number of carbonyl (C=O) groups excluding carboxylic acids is 1. The molecule has 0 atom stereocenters. The summed E-state index contributed by atoms with van der Waals surface area (Å²) in [7, 11) is 0. The van der Waals surface area contributed by atoms with Gasteiger partial charge in [-0.1, -0.05) is 13.8 Å². The van der Waals surface area contributed by atoms with Crippen molar-refractivity contribution in [3.63, 3.8) is 0 Å². The van der Waals surface area contributed by atoms with Crippen molar-refractivity contribution in [2.24, 2.45) is 5.92 Å². The molecule has 14 heavy (non-hydrogen) atoms. The Morgan fingerprint density at radius 1 is 1.57 bits per heavy atom. The lowest BCUT2D eigenvalue weighted by Gasteiger charge is -2.06. The maximum Gasteiger partial charge on any atom is 0.224 e. The molecule has 76 valence electrons. The van der Waals surface area contributed by atoms with Gasteiger partial charge in [-0.2, -0.15) is 0 Å². The molecule has 0 bridgehead atoms. The number of nitrogen functional groups attached to an aromatic ring is 1. The minimum atomic E-state index is 0.00608. The van der Waals surface area contributed by atoms with Gasteiger partial charge in [0.1, 0.15) is 5.82 Å². The van der Waals surface area contributed by atoms with Crippen LogP contribution in [0, 0.1) is 5.92 Å². The van der Waals surface area contributed by atoms with E-state index in [9.17, 15) is 4.79 Å². The maximum atomic E-state index is 11.3. The van der Waals surface area contributed by atoms with E-state index in [1.54, 1.807) is 18.3 Å². The zero-order valence-electron chi connectivity index (χ0n) is 8.45. The molecule has 0 unspecified atom stereocenters. The van der Waals surface area contributed by atoms with Crippen LogP contribution in [0.15, 0.2) is 18.3 Å². The first-order chi connectivity index (χ1) is 6.58. The second kappa shape index (κ2) is 4.60. The van der Waals surface area contributed by atoms with Crippen molar-refractivity contribution in [1.29, 1.82) is 0 Å². The van der Waals surface area contributed by atoms with E-state index in [1.165, 1.54) is 0 Å². The van der Waals surface area contributed by atoms with Crippen LogP contribution in [-0.4, -0.2) is 10.9 Å². The fourth-order valence-corrected chi connectivity index (χ4v) is 1.06. The number of nitrogens with zero attached hydrogens (tertiary/aromatic N) is 1. The van der Waals surface area contributed by atoms with Gasteiger partial charge in [0.2, 0.25) is 5.91 Å². The molecule has 1 heterocycles. The summed E-state index contributed by atoms with van der Waals surface area (Å²) in [5.74, 6) is 0.815. The van der Waals surface area contributed by atoms with E-state index in [1.807, 2.05) is 13.8 Å².